The maximum Gasteiger partial charge on any atom is 0.337 e. The smallest absolute Gasteiger partial charge is 0.337 e. The lowest BCUT2D eigenvalue weighted by atomic mass is 9.95. The number of methoxy groups -OCH3 is 1. The molecular formula is C27H31N5O6. The van der Waals surface area contributed by atoms with Gasteiger partial charge in [-0.05, 0) is 37.6 Å². The normalized spacial score (nSPS) is 16.2. The highest BCUT2D eigenvalue weighted by atomic mass is 16.5. The molecule has 0 unspecified atom stereocenters. The van der Waals surface area contributed by atoms with Crippen molar-refractivity contribution in [1.29, 1.82) is 0 Å². The molecule has 38 heavy (non-hydrogen) atoms. The SMILES string of the molecule is CCOc1cc([C@@H]2NC(=O)NC(C)=C2C(=O)OC)ccc1OC[C@H](O)N/N=C/c1cn(C)c2ccccc12. The van der Waals surface area contributed by atoms with E-state index in [4.69, 9.17) is 14.2 Å². The van der Waals surface area contributed by atoms with Gasteiger partial charge in [0, 0.05) is 35.4 Å². The molecule has 3 aromatic rings. The molecule has 4 rings (SSSR count). The van der Waals surface area contributed by atoms with Gasteiger partial charge in [-0.15, -0.1) is 0 Å². The second kappa shape index (κ2) is 11.7. The number of urea groups is 1. The average Bonchev–Trinajstić information content (AvgIpc) is 3.22. The molecule has 11 heteroatoms. The van der Waals surface area contributed by atoms with E-state index in [1.807, 2.05) is 49.0 Å². The Labute approximate surface area is 220 Å². The van der Waals surface area contributed by atoms with Gasteiger partial charge in [0.2, 0.25) is 0 Å². The van der Waals surface area contributed by atoms with Crippen molar-refractivity contribution in [2.24, 2.45) is 12.1 Å². The van der Waals surface area contributed by atoms with Crippen molar-refractivity contribution in [2.75, 3.05) is 20.3 Å². The molecule has 1 aliphatic heterocycles. The van der Waals surface area contributed by atoms with Gasteiger partial charge in [-0.2, -0.15) is 5.10 Å². The van der Waals surface area contributed by atoms with Gasteiger partial charge in [-0.3, -0.25) is 5.43 Å². The number of fused-ring (bicyclic) bond motifs is 1. The van der Waals surface area contributed by atoms with E-state index >= 15 is 0 Å². The molecule has 0 fully saturated rings. The fourth-order valence-corrected chi connectivity index (χ4v) is 4.29. The quantitative estimate of drug-likeness (QED) is 0.139. The first-order valence-corrected chi connectivity index (χ1v) is 12.1. The van der Waals surface area contributed by atoms with Crippen LogP contribution in [0.3, 0.4) is 0 Å². The third-order valence-electron chi connectivity index (χ3n) is 6.03. The molecule has 200 valence electrons. The van der Waals surface area contributed by atoms with Crippen LogP contribution in [-0.2, 0) is 16.6 Å². The molecule has 2 amide bonds. The summed E-state index contributed by atoms with van der Waals surface area (Å²) in [6, 6.07) is 11.9. The van der Waals surface area contributed by atoms with Crippen LogP contribution in [0.2, 0.25) is 0 Å². The van der Waals surface area contributed by atoms with Gasteiger partial charge in [0.05, 0.1) is 31.5 Å². The number of rotatable bonds is 10. The second-order valence-corrected chi connectivity index (χ2v) is 8.63. The highest BCUT2D eigenvalue weighted by molar-refractivity contribution is 5.99. The molecule has 2 aromatic carbocycles. The highest BCUT2D eigenvalue weighted by Crippen LogP contribution is 2.35. The first-order chi connectivity index (χ1) is 18.3. The predicted molar refractivity (Wildman–Crippen MR) is 142 cm³/mol. The molecule has 0 saturated heterocycles. The number of esters is 1. The van der Waals surface area contributed by atoms with Crippen molar-refractivity contribution in [3.05, 3.63) is 71.1 Å². The Bertz CT molecular complexity index is 1400. The first kappa shape index (κ1) is 26.6. The van der Waals surface area contributed by atoms with Crippen LogP contribution in [-0.4, -0.2) is 54.4 Å². The largest absolute Gasteiger partial charge is 0.490 e. The summed E-state index contributed by atoms with van der Waals surface area (Å²) in [4.78, 5) is 24.5. The number of aromatic nitrogens is 1. The van der Waals surface area contributed by atoms with Crippen LogP contribution in [0.4, 0.5) is 4.79 Å². The number of carbonyl (C=O) groups excluding carboxylic acids is 2. The van der Waals surface area contributed by atoms with E-state index in [-0.39, 0.29) is 12.2 Å². The topological polar surface area (TPSA) is 135 Å². The molecule has 11 nitrogen and oxygen atoms in total. The van der Waals surface area contributed by atoms with Crippen LogP contribution in [0.5, 0.6) is 11.5 Å². The number of amides is 2. The third-order valence-corrected chi connectivity index (χ3v) is 6.03. The van der Waals surface area contributed by atoms with E-state index in [9.17, 15) is 14.7 Å². The Morgan fingerprint density at radius 3 is 2.79 bits per heavy atom. The maximum absolute atomic E-state index is 12.4. The van der Waals surface area contributed by atoms with Crippen molar-refractivity contribution in [2.45, 2.75) is 26.1 Å². The average molecular weight is 522 g/mol. The molecule has 2 atom stereocenters. The van der Waals surface area contributed by atoms with Gasteiger partial charge in [0.1, 0.15) is 6.61 Å². The van der Waals surface area contributed by atoms with Crippen molar-refractivity contribution in [3.63, 3.8) is 0 Å². The molecule has 2 heterocycles. The molecule has 4 N–H and O–H groups in total. The molecule has 0 bridgehead atoms. The zero-order valence-electron chi connectivity index (χ0n) is 21.6. The fraction of sp³-hybridized carbons (Fsp3) is 0.296. The lowest BCUT2D eigenvalue weighted by Crippen LogP contribution is -2.45. The first-order valence-electron chi connectivity index (χ1n) is 12.1. The summed E-state index contributed by atoms with van der Waals surface area (Å²) in [6.45, 7) is 3.71. The highest BCUT2D eigenvalue weighted by Gasteiger charge is 2.32. The standard InChI is InChI=1S/C27H31N5O6/c1-5-37-22-12-17(25-24(26(34)36-4)16(2)29-27(35)30-25)10-11-21(22)38-15-23(33)31-28-13-18-14-32(3)20-9-7-6-8-19(18)20/h6-14,23,25,31,33H,5,15H2,1-4H3,(H2,29,30,35)/b28-13+/t23-,25-/m0/s1. The van der Waals surface area contributed by atoms with Crippen LogP contribution in [0.1, 0.15) is 31.0 Å². The Balaban J connectivity index is 1.45. The predicted octanol–water partition coefficient (Wildman–Crippen LogP) is 2.70. The van der Waals surface area contributed by atoms with Crippen molar-refractivity contribution in [1.82, 2.24) is 20.6 Å². The lowest BCUT2D eigenvalue weighted by molar-refractivity contribution is -0.136. The summed E-state index contributed by atoms with van der Waals surface area (Å²) in [5, 5.41) is 20.9. The summed E-state index contributed by atoms with van der Waals surface area (Å²) in [5.74, 6) is 0.220. The Morgan fingerprint density at radius 1 is 1.24 bits per heavy atom. The van der Waals surface area contributed by atoms with E-state index in [2.05, 4.69) is 21.2 Å². The molecule has 1 aliphatic rings. The third kappa shape index (κ3) is 5.73. The molecule has 0 spiro atoms. The molecule has 1 aromatic heterocycles. The number of ether oxygens (including phenoxy) is 3. The summed E-state index contributed by atoms with van der Waals surface area (Å²) in [7, 11) is 3.24. The molecule has 0 saturated carbocycles. The number of nitrogens with zero attached hydrogens (tertiary/aromatic N) is 2. The Morgan fingerprint density at radius 2 is 2.03 bits per heavy atom. The molecule has 0 aliphatic carbocycles. The molecule has 0 radical (unpaired) electrons. The number of hydrogen-bond donors (Lipinski definition) is 4. The van der Waals surface area contributed by atoms with Gasteiger partial charge in [-0.1, -0.05) is 24.3 Å². The number of aliphatic hydroxyl groups excluding tert-OH is 1. The Hall–Kier alpha value is -4.51. The van der Waals surface area contributed by atoms with E-state index in [0.717, 1.165) is 16.5 Å². The van der Waals surface area contributed by atoms with Crippen molar-refractivity contribution >= 4 is 29.1 Å². The monoisotopic (exact) mass is 521 g/mol. The zero-order chi connectivity index (χ0) is 27.2. The minimum atomic E-state index is -1.09. The molecular weight excluding hydrogens is 490 g/mol. The zero-order valence-corrected chi connectivity index (χ0v) is 21.6. The number of nitrogens with one attached hydrogen (secondary N) is 3. The lowest BCUT2D eigenvalue weighted by Gasteiger charge is -2.28. The number of aryl methyl sites for hydroxylation is 1. The van der Waals surface area contributed by atoms with Crippen molar-refractivity contribution in [3.8, 4) is 11.5 Å². The number of carbonyl (C=O) groups is 2. The summed E-state index contributed by atoms with van der Waals surface area (Å²) < 4.78 is 18.4. The van der Waals surface area contributed by atoms with E-state index < -0.39 is 24.3 Å². The summed E-state index contributed by atoms with van der Waals surface area (Å²) in [6.07, 6.45) is 2.52. The summed E-state index contributed by atoms with van der Waals surface area (Å²) >= 11 is 0. The second-order valence-electron chi connectivity index (χ2n) is 8.63. The maximum atomic E-state index is 12.4. The van der Waals surface area contributed by atoms with Crippen LogP contribution in [0.15, 0.2) is 65.0 Å². The van der Waals surface area contributed by atoms with Crippen LogP contribution >= 0.6 is 0 Å². The van der Waals surface area contributed by atoms with E-state index in [1.54, 1.807) is 31.3 Å². The van der Waals surface area contributed by atoms with Crippen LogP contribution in [0.25, 0.3) is 10.9 Å². The van der Waals surface area contributed by atoms with Gasteiger partial charge >= 0.3 is 12.0 Å². The van der Waals surface area contributed by atoms with Gasteiger partial charge in [0.15, 0.2) is 17.7 Å². The number of allylic oxidation sites excluding steroid dienone is 1. The van der Waals surface area contributed by atoms with Gasteiger partial charge < -0.3 is 34.5 Å². The number of benzene rings is 2. The Kier molecular flexibility index (Phi) is 8.17. The van der Waals surface area contributed by atoms with Crippen molar-refractivity contribution < 1.29 is 28.9 Å². The number of para-hydroxylation sites is 1. The van der Waals surface area contributed by atoms with E-state index in [1.165, 1.54) is 7.11 Å². The van der Waals surface area contributed by atoms with Crippen LogP contribution in [0, 0.1) is 0 Å². The van der Waals surface area contributed by atoms with Gasteiger partial charge in [0.25, 0.3) is 0 Å². The summed E-state index contributed by atoms with van der Waals surface area (Å²) in [5.41, 5.74) is 5.95. The van der Waals surface area contributed by atoms with Gasteiger partial charge in [-0.25, -0.2) is 9.59 Å². The minimum absolute atomic E-state index is 0.108. The number of aliphatic hydroxyl groups is 1. The van der Waals surface area contributed by atoms with Crippen LogP contribution < -0.4 is 25.5 Å². The fourth-order valence-electron chi connectivity index (χ4n) is 4.29. The minimum Gasteiger partial charge on any atom is -0.490 e. The number of hydrogen-bond acceptors (Lipinski definition) is 8. The van der Waals surface area contributed by atoms with E-state index in [0.29, 0.717) is 29.4 Å². The number of hydrazone groups is 1.